The van der Waals surface area contributed by atoms with Crippen LogP contribution in [0.15, 0.2) is 42.9 Å². The van der Waals surface area contributed by atoms with E-state index in [-0.39, 0.29) is 11.8 Å². The van der Waals surface area contributed by atoms with Gasteiger partial charge >= 0.3 is 0 Å². The lowest BCUT2D eigenvalue weighted by atomic mass is 9.99. The molecule has 0 radical (unpaired) electrons. The van der Waals surface area contributed by atoms with E-state index < -0.39 is 0 Å². The van der Waals surface area contributed by atoms with Crippen LogP contribution in [0, 0.1) is 5.92 Å². The van der Waals surface area contributed by atoms with E-state index >= 15 is 0 Å². The minimum atomic E-state index is 0.0646. The first-order valence-corrected chi connectivity index (χ1v) is 7.54. The summed E-state index contributed by atoms with van der Waals surface area (Å²) in [4.78, 5) is 20.7. The first kappa shape index (κ1) is 14.7. The minimum absolute atomic E-state index is 0.0646. The molecule has 3 rings (SSSR count). The topological polar surface area (TPSA) is 64.1 Å². The number of nitrogens with zero attached hydrogens (tertiary/aromatic N) is 2. The number of hydrogen-bond donors (Lipinski definition) is 1. The number of aromatic nitrogens is 2. The number of carbonyl (C=O) groups excluding carboxylic acids is 1. The Kier molecular flexibility index (Phi) is 4.75. The summed E-state index contributed by atoms with van der Waals surface area (Å²) in [5.74, 6) is 0.169. The Labute approximate surface area is 129 Å². The largest absolute Gasteiger partial charge is 0.381 e. The van der Waals surface area contributed by atoms with E-state index in [9.17, 15) is 4.79 Å². The van der Waals surface area contributed by atoms with Gasteiger partial charge in [0, 0.05) is 49.8 Å². The molecule has 1 aliphatic rings. The molecule has 0 aliphatic carbocycles. The summed E-state index contributed by atoms with van der Waals surface area (Å²) in [6, 6.07) is 7.73. The predicted molar refractivity (Wildman–Crippen MR) is 82.9 cm³/mol. The summed E-state index contributed by atoms with van der Waals surface area (Å²) < 4.78 is 5.29. The highest BCUT2D eigenvalue weighted by Gasteiger charge is 2.21. The summed E-state index contributed by atoms with van der Waals surface area (Å²) in [6.45, 7) is 1.84. The molecule has 5 heteroatoms. The Morgan fingerprint density at radius 3 is 2.73 bits per heavy atom. The van der Waals surface area contributed by atoms with Crippen LogP contribution in [0.25, 0.3) is 11.3 Å². The third-order valence-electron chi connectivity index (χ3n) is 3.89. The molecule has 0 bridgehead atoms. The molecule has 1 amide bonds. The summed E-state index contributed by atoms with van der Waals surface area (Å²) in [5, 5.41) is 3.03. The number of carbonyl (C=O) groups is 1. The van der Waals surface area contributed by atoms with Gasteiger partial charge in [-0.05, 0) is 36.6 Å². The Bertz CT molecular complexity index is 625. The van der Waals surface area contributed by atoms with E-state index in [4.69, 9.17) is 4.74 Å². The average molecular weight is 297 g/mol. The van der Waals surface area contributed by atoms with Crippen LogP contribution in [-0.4, -0.2) is 29.1 Å². The van der Waals surface area contributed by atoms with Gasteiger partial charge < -0.3 is 10.1 Å². The summed E-state index contributed by atoms with van der Waals surface area (Å²) in [7, 11) is 0. The van der Waals surface area contributed by atoms with Crippen LogP contribution in [0.5, 0.6) is 0 Å². The number of amides is 1. The van der Waals surface area contributed by atoms with Crippen LogP contribution in [0.4, 0.5) is 0 Å². The van der Waals surface area contributed by atoms with Gasteiger partial charge in [-0.25, -0.2) is 0 Å². The van der Waals surface area contributed by atoms with E-state index in [0.717, 1.165) is 29.7 Å². The van der Waals surface area contributed by atoms with Crippen LogP contribution in [0.2, 0.25) is 0 Å². The van der Waals surface area contributed by atoms with Crippen molar-refractivity contribution in [1.29, 1.82) is 0 Å². The summed E-state index contributed by atoms with van der Waals surface area (Å²) in [6.07, 6.45) is 6.86. The molecule has 1 N–H and O–H groups in total. The van der Waals surface area contributed by atoms with Crippen molar-refractivity contribution < 1.29 is 9.53 Å². The second-order valence-corrected chi connectivity index (χ2v) is 5.35. The third-order valence-corrected chi connectivity index (χ3v) is 3.89. The molecule has 3 heterocycles. The second-order valence-electron chi connectivity index (χ2n) is 5.35. The lowest BCUT2D eigenvalue weighted by molar-refractivity contribution is -0.128. The first-order chi connectivity index (χ1) is 10.8. The van der Waals surface area contributed by atoms with Crippen molar-refractivity contribution in [3.05, 3.63) is 48.4 Å². The van der Waals surface area contributed by atoms with Crippen LogP contribution in [-0.2, 0) is 16.1 Å². The van der Waals surface area contributed by atoms with Gasteiger partial charge in [-0.15, -0.1) is 0 Å². The van der Waals surface area contributed by atoms with Crippen molar-refractivity contribution in [3.63, 3.8) is 0 Å². The number of ether oxygens (including phenoxy) is 1. The third kappa shape index (κ3) is 3.49. The van der Waals surface area contributed by atoms with Crippen LogP contribution >= 0.6 is 0 Å². The average Bonchev–Trinajstić information content (AvgIpc) is 2.61. The quantitative estimate of drug-likeness (QED) is 0.939. The molecule has 1 saturated heterocycles. The van der Waals surface area contributed by atoms with Crippen molar-refractivity contribution in [1.82, 2.24) is 15.3 Å². The van der Waals surface area contributed by atoms with Crippen LogP contribution in [0.3, 0.4) is 0 Å². The van der Waals surface area contributed by atoms with Gasteiger partial charge in [0.05, 0.1) is 5.69 Å². The molecule has 0 atom stereocenters. The van der Waals surface area contributed by atoms with Gasteiger partial charge in [0.15, 0.2) is 0 Å². The Morgan fingerprint density at radius 2 is 1.95 bits per heavy atom. The highest BCUT2D eigenvalue weighted by molar-refractivity contribution is 5.79. The second kappa shape index (κ2) is 7.13. The Balaban J connectivity index is 1.69. The number of hydrogen-bond acceptors (Lipinski definition) is 4. The fourth-order valence-corrected chi connectivity index (χ4v) is 2.64. The van der Waals surface area contributed by atoms with E-state index in [2.05, 4.69) is 15.3 Å². The minimum Gasteiger partial charge on any atom is -0.381 e. The molecule has 22 heavy (non-hydrogen) atoms. The first-order valence-electron chi connectivity index (χ1n) is 7.54. The molecule has 0 aromatic carbocycles. The highest BCUT2D eigenvalue weighted by atomic mass is 16.5. The van der Waals surface area contributed by atoms with Crippen molar-refractivity contribution in [2.75, 3.05) is 13.2 Å². The van der Waals surface area contributed by atoms with E-state index in [0.29, 0.717) is 19.8 Å². The van der Waals surface area contributed by atoms with Crippen LogP contribution < -0.4 is 5.32 Å². The molecule has 0 unspecified atom stereocenters. The molecule has 0 spiro atoms. The fraction of sp³-hybridized carbons (Fsp3) is 0.353. The number of nitrogens with one attached hydrogen (secondary N) is 1. The highest BCUT2D eigenvalue weighted by Crippen LogP contribution is 2.20. The molecule has 1 fully saturated rings. The van der Waals surface area contributed by atoms with Crippen molar-refractivity contribution in [2.45, 2.75) is 19.4 Å². The lowest BCUT2D eigenvalue weighted by Gasteiger charge is -2.21. The zero-order valence-corrected chi connectivity index (χ0v) is 12.4. The van der Waals surface area contributed by atoms with Crippen molar-refractivity contribution in [3.8, 4) is 11.3 Å². The maximum absolute atomic E-state index is 12.2. The standard InChI is InChI=1S/C17H19N3O2/c21-17(14-5-10-22-11-6-14)20-12-15-2-1-7-19-16(15)13-3-8-18-9-4-13/h1-4,7-9,14H,5-6,10-12H2,(H,20,21). The Hall–Kier alpha value is -2.27. The Morgan fingerprint density at radius 1 is 1.18 bits per heavy atom. The fourth-order valence-electron chi connectivity index (χ4n) is 2.64. The van der Waals surface area contributed by atoms with Crippen LogP contribution in [0.1, 0.15) is 18.4 Å². The maximum Gasteiger partial charge on any atom is 0.223 e. The van der Waals surface area contributed by atoms with E-state index in [1.807, 2.05) is 24.3 Å². The predicted octanol–water partition coefficient (Wildman–Crippen LogP) is 2.19. The normalized spacial score (nSPS) is 15.5. The van der Waals surface area contributed by atoms with Gasteiger partial charge in [-0.1, -0.05) is 6.07 Å². The summed E-state index contributed by atoms with van der Waals surface area (Å²) in [5.41, 5.74) is 2.90. The van der Waals surface area contributed by atoms with Crippen molar-refractivity contribution >= 4 is 5.91 Å². The van der Waals surface area contributed by atoms with Gasteiger partial charge in [0.1, 0.15) is 0 Å². The zero-order valence-electron chi connectivity index (χ0n) is 12.4. The summed E-state index contributed by atoms with van der Waals surface area (Å²) >= 11 is 0. The smallest absolute Gasteiger partial charge is 0.223 e. The number of pyridine rings is 2. The zero-order chi connectivity index (χ0) is 15.2. The molecule has 0 saturated carbocycles. The lowest BCUT2D eigenvalue weighted by Crippen LogP contribution is -2.34. The van der Waals surface area contributed by atoms with E-state index in [1.54, 1.807) is 18.6 Å². The van der Waals surface area contributed by atoms with Gasteiger partial charge in [0.2, 0.25) is 5.91 Å². The monoisotopic (exact) mass is 297 g/mol. The molecular weight excluding hydrogens is 278 g/mol. The van der Waals surface area contributed by atoms with Gasteiger partial charge in [-0.3, -0.25) is 14.8 Å². The maximum atomic E-state index is 12.2. The SMILES string of the molecule is O=C(NCc1cccnc1-c1ccncc1)C1CCOCC1. The van der Waals surface area contributed by atoms with Gasteiger partial charge in [0.25, 0.3) is 0 Å². The van der Waals surface area contributed by atoms with Crippen molar-refractivity contribution in [2.24, 2.45) is 5.92 Å². The molecule has 114 valence electrons. The molecule has 5 nitrogen and oxygen atoms in total. The molecule has 1 aliphatic heterocycles. The van der Waals surface area contributed by atoms with E-state index in [1.165, 1.54) is 0 Å². The molecule has 2 aromatic rings. The molecule has 2 aromatic heterocycles. The van der Waals surface area contributed by atoms with Gasteiger partial charge in [-0.2, -0.15) is 0 Å². The molecular formula is C17H19N3O2. The number of rotatable bonds is 4.